The fourth-order valence-electron chi connectivity index (χ4n) is 4.13. The first kappa shape index (κ1) is 22.0. The van der Waals surface area contributed by atoms with Crippen molar-refractivity contribution in [1.29, 1.82) is 0 Å². The van der Waals surface area contributed by atoms with Crippen molar-refractivity contribution in [3.63, 3.8) is 0 Å². The summed E-state index contributed by atoms with van der Waals surface area (Å²) in [5, 5.41) is 2.93. The number of thioether (sulfide) groups is 1. The van der Waals surface area contributed by atoms with Gasteiger partial charge in [0.15, 0.2) is 0 Å². The van der Waals surface area contributed by atoms with Crippen molar-refractivity contribution in [3.05, 3.63) is 53.6 Å². The first-order chi connectivity index (χ1) is 15.0. The van der Waals surface area contributed by atoms with Gasteiger partial charge in [0.05, 0.1) is 6.04 Å². The van der Waals surface area contributed by atoms with Gasteiger partial charge in [-0.2, -0.15) is 0 Å². The van der Waals surface area contributed by atoms with Crippen molar-refractivity contribution in [3.8, 4) is 5.75 Å². The van der Waals surface area contributed by atoms with E-state index in [2.05, 4.69) is 34.5 Å². The molecule has 2 aromatic rings. The van der Waals surface area contributed by atoms with Crippen LogP contribution in [-0.4, -0.2) is 43.4 Å². The molecule has 1 fully saturated rings. The second kappa shape index (κ2) is 9.91. The lowest BCUT2D eigenvalue weighted by molar-refractivity contribution is -0.117. The number of amides is 1. The van der Waals surface area contributed by atoms with Gasteiger partial charge in [-0.15, -0.1) is 11.8 Å². The van der Waals surface area contributed by atoms with E-state index in [0.717, 1.165) is 54.4 Å². The molecule has 31 heavy (non-hydrogen) atoms. The van der Waals surface area contributed by atoms with E-state index in [1.54, 1.807) is 0 Å². The second-order valence-electron chi connectivity index (χ2n) is 8.16. The molecule has 1 saturated heterocycles. The molecule has 2 aliphatic rings. The fraction of sp³-hybridized carbons (Fsp3) is 0.435. The van der Waals surface area contributed by atoms with Gasteiger partial charge in [-0.3, -0.25) is 4.79 Å². The molecule has 2 aliphatic heterocycles. The Balaban J connectivity index is 1.46. The lowest BCUT2D eigenvalue weighted by atomic mass is 10.0. The maximum absolute atomic E-state index is 11.9. The largest absolute Gasteiger partial charge is 0.492 e. The molecule has 7 N–H and O–H groups in total. The van der Waals surface area contributed by atoms with Gasteiger partial charge in [0, 0.05) is 54.4 Å². The van der Waals surface area contributed by atoms with Crippen molar-refractivity contribution in [2.24, 2.45) is 17.2 Å². The van der Waals surface area contributed by atoms with Crippen LogP contribution in [0.5, 0.6) is 5.75 Å². The van der Waals surface area contributed by atoms with Gasteiger partial charge in [0.1, 0.15) is 17.6 Å². The van der Waals surface area contributed by atoms with Crippen LogP contribution in [0.4, 0.5) is 5.69 Å². The van der Waals surface area contributed by atoms with Gasteiger partial charge in [0.25, 0.3) is 0 Å². The Morgan fingerprint density at radius 1 is 1.16 bits per heavy atom. The smallest absolute Gasteiger partial charge is 0.232 e. The summed E-state index contributed by atoms with van der Waals surface area (Å²) in [4.78, 5) is 15.2. The molecule has 8 heteroatoms. The first-order valence-corrected chi connectivity index (χ1v) is 11.7. The number of nitrogens with two attached hydrogens (primary N) is 3. The van der Waals surface area contributed by atoms with Crippen molar-refractivity contribution in [1.82, 2.24) is 5.32 Å². The summed E-state index contributed by atoms with van der Waals surface area (Å²) in [6.07, 6.45) is 1.93. The van der Waals surface area contributed by atoms with Crippen LogP contribution in [0.15, 0.2) is 47.4 Å². The Bertz CT molecular complexity index is 902. The average Bonchev–Trinajstić information content (AvgIpc) is 3.11. The molecule has 7 nitrogen and oxygen atoms in total. The van der Waals surface area contributed by atoms with Gasteiger partial charge in [-0.05, 0) is 24.5 Å². The zero-order valence-corrected chi connectivity index (χ0v) is 18.4. The molecule has 0 bridgehead atoms. The Kier molecular flexibility index (Phi) is 7.02. The molecule has 2 heterocycles. The van der Waals surface area contributed by atoms with Crippen molar-refractivity contribution < 1.29 is 9.53 Å². The van der Waals surface area contributed by atoms with E-state index in [1.165, 1.54) is 17.3 Å². The Morgan fingerprint density at radius 3 is 2.61 bits per heavy atom. The van der Waals surface area contributed by atoms with Crippen LogP contribution in [-0.2, 0) is 11.3 Å². The third-order valence-electron chi connectivity index (χ3n) is 5.90. The second-order valence-corrected chi connectivity index (χ2v) is 9.34. The van der Waals surface area contributed by atoms with E-state index in [1.807, 2.05) is 18.2 Å². The minimum Gasteiger partial charge on any atom is -0.492 e. The Hall–Kier alpha value is -2.26. The minimum atomic E-state index is -0.474. The molecule has 0 saturated carbocycles. The number of hydrogen-bond donors (Lipinski definition) is 4. The van der Waals surface area contributed by atoms with Gasteiger partial charge in [0.2, 0.25) is 5.91 Å². The summed E-state index contributed by atoms with van der Waals surface area (Å²) in [6.45, 7) is 3.82. The zero-order chi connectivity index (χ0) is 21.8. The number of hydrogen-bond acceptors (Lipinski definition) is 7. The molecule has 4 rings (SSSR count). The standard InChI is InChI=1S/C23H31N5O2S/c24-16-6-9-28(10-7-16)17-12-18(20-19(13-17)31-22(21(20)25)23(26)29)30-11-8-27-14-15-4-2-1-3-5-15/h1-5,12-13,16,21-22,27H,6-11,14,24-25H2,(H2,26,29). The van der Waals surface area contributed by atoms with Crippen LogP contribution in [0, 0.1) is 0 Å². The maximum Gasteiger partial charge on any atom is 0.232 e. The quantitative estimate of drug-likeness (QED) is 0.461. The maximum atomic E-state index is 11.9. The molecule has 0 radical (unpaired) electrons. The number of carbonyl (C=O) groups is 1. The third-order valence-corrected chi connectivity index (χ3v) is 7.27. The fourth-order valence-corrected chi connectivity index (χ4v) is 5.36. The lowest BCUT2D eigenvalue weighted by Gasteiger charge is -2.32. The number of nitrogens with one attached hydrogen (secondary N) is 1. The molecule has 2 atom stereocenters. The van der Waals surface area contributed by atoms with Crippen LogP contribution >= 0.6 is 11.8 Å². The topological polar surface area (TPSA) is 120 Å². The predicted octanol–water partition coefficient (Wildman–Crippen LogP) is 1.74. The number of carbonyl (C=O) groups excluding carboxylic acids is 1. The molecule has 166 valence electrons. The van der Waals surface area contributed by atoms with Crippen LogP contribution in [0.1, 0.15) is 30.0 Å². The van der Waals surface area contributed by atoms with Gasteiger partial charge in [-0.25, -0.2) is 0 Å². The molecule has 0 aromatic heterocycles. The zero-order valence-electron chi connectivity index (χ0n) is 17.6. The SMILES string of the molecule is NC(=O)C1Sc2cc(N3CCC(N)CC3)cc(OCCNCc3ccccc3)c2C1N. The number of benzene rings is 2. The molecular weight excluding hydrogens is 410 g/mol. The number of fused-ring (bicyclic) bond motifs is 1. The van der Waals surface area contributed by atoms with Crippen molar-refractivity contribution in [2.45, 2.75) is 41.6 Å². The minimum absolute atomic E-state index is 0.263. The van der Waals surface area contributed by atoms with E-state index in [0.29, 0.717) is 13.2 Å². The van der Waals surface area contributed by atoms with Gasteiger partial charge in [-0.1, -0.05) is 30.3 Å². The summed E-state index contributed by atoms with van der Waals surface area (Å²) in [5.74, 6) is 0.349. The lowest BCUT2D eigenvalue weighted by Crippen LogP contribution is -2.39. The predicted molar refractivity (Wildman–Crippen MR) is 125 cm³/mol. The number of anilines is 1. The molecule has 1 amide bonds. The molecule has 0 spiro atoms. The van der Waals surface area contributed by atoms with Crippen molar-refractivity contribution >= 4 is 23.4 Å². The van der Waals surface area contributed by atoms with E-state index < -0.39 is 17.2 Å². The third kappa shape index (κ3) is 5.15. The van der Waals surface area contributed by atoms with E-state index in [4.69, 9.17) is 21.9 Å². The number of nitrogens with zero attached hydrogens (tertiary/aromatic N) is 1. The monoisotopic (exact) mass is 441 g/mol. The highest BCUT2D eigenvalue weighted by Crippen LogP contribution is 2.49. The Labute approximate surface area is 187 Å². The van der Waals surface area contributed by atoms with Crippen LogP contribution < -0.4 is 32.2 Å². The summed E-state index contributed by atoms with van der Waals surface area (Å²) >= 11 is 1.44. The van der Waals surface area contributed by atoms with Gasteiger partial charge >= 0.3 is 0 Å². The number of ether oxygens (including phenoxy) is 1. The van der Waals surface area contributed by atoms with Crippen LogP contribution in [0.25, 0.3) is 0 Å². The number of primary amides is 1. The molecule has 2 unspecified atom stereocenters. The number of piperidine rings is 1. The summed E-state index contributed by atoms with van der Waals surface area (Å²) < 4.78 is 6.18. The summed E-state index contributed by atoms with van der Waals surface area (Å²) in [5.41, 5.74) is 21.3. The van der Waals surface area contributed by atoms with E-state index in [-0.39, 0.29) is 6.04 Å². The van der Waals surface area contributed by atoms with Crippen molar-refractivity contribution in [2.75, 3.05) is 31.1 Å². The molecule has 2 aromatic carbocycles. The highest BCUT2D eigenvalue weighted by atomic mass is 32.2. The number of rotatable bonds is 8. The molecule has 0 aliphatic carbocycles. The van der Waals surface area contributed by atoms with Gasteiger partial charge < -0.3 is 32.2 Å². The summed E-state index contributed by atoms with van der Waals surface area (Å²) in [7, 11) is 0. The highest BCUT2D eigenvalue weighted by molar-refractivity contribution is 8.01. The molecular formula is C23H31N5O2S. The summed E-state index contributed by atoms with van der Waals surface area (Å²) in [6, 6.07) is 14.2. The van der Waals surface area contributed by atoms with E-state index >= 15 is 0 Å². The Morgan fingerprint density at radius 2 is 1.90 bits per heavy atom. The van der Waals surface area contributed by atoms with Crippen LogP contribution in [0.3, 0.4) is 0 Å². The first-order valence-electron chi connectivity index (χ1n) is 10.8. The van der Waals surface area contributed by atoms with Crippen LogP contribution in [0.2, 0.25) is 0 Å². The normalized spacial score (nSPS) is 21.2. The average molecular weight is 442 g/mol. The van der Waals surface area contributed by atoms with E-state index in [9.17, 15) is 4.79 Å². The highest BCUT2D eigenvalue weighted by Gasteiger charge is 2.38.